The number of aliphatic hydroxyl groups is 1. The summed E-state index contributed by atoms with van der Waals surface area (Å²) in [5.41, 5.74) is 1.68. The van der Waals surface area contributed by atoms with E-state index in [4.69, 9.17) is 4.98 Å². The summed E-state index contributed by atoms with van der Waals surface area (Å²) in [5.74, 6) is 1.17. The van der Waals surface area contributed by atoms with E-state index in [1.165, 1.54) is 11.8 Å². The number of pyridine rings is 1. The number of fused-ring (bicyclic) bond motifs is 1. The average Bonchev–Trinajstić information content (AvgIpc) is 2.84. The maximum Gasteiger partial charge on any atom is 0.256 e. The highest BCUT2D eigenvalue weighted by Crippen LogP contribution is 2.22. The molecule has 0 bridgehead atoms. The highest BCUT2D eigenvalue weighted by molar-refractivity contribution is 5.99. The zero-order valence-electron chi connectivity index (χ0n) is 21.1. The Morgan fingerprint density at radius 1 is 1.33 bits per heavy atom. The van der Waals surface area contributed by atoms with Gasteiger partial charge in [-0.15, -0.1) is 6.58 Å². The van der Waals surface area contributed by atoms with Gasteiger partial charge in [0, 0.05) is 37.9 Å². The lowest BCUT2D eigenvalue weighted by Crippen LogP contribution is -2.27. The number of carbonyl (C=O) groups excluding carboxylic acids is 1. The third-order valence-corrected chi connectivity index (χ3v) is 5.34. The first-order valence-electron chi connectivity index (χ1n) is 11.7. The second kappa shape index (κ2) is 12.2. The fourth-order valence-corrected chi connectivity index (χ4v) is 3.48. The van der Waals surface area contributed by atoms with E-state index < -0.39 is 5.60 Å². The van der Waals surface area contributed by atoms with Gasteiger partial charge in [0.2, 0.25) is 5.95 Å². The molecule has 190 valence electrons. The summed E-state index contributed by atoms with van der Waals surface area (Å²) in [6.45, 7) is 12.8. The maximum atomic E-state index is 12.7. The summed E-state index contributed by atoms with van der Waals surface area (Å²) >= 11 is 0. The summed E-state index contributed by atoms with van der Waals surface area (Å²) in [6, 6.07) is 3.95. The molecular formula is C26H34N8O2. The third-order valence-electron chi connectivity index (χ3n) is 5.34. The fraction of sp³-hybridized carbons (Fsp3) is 0.346. The zero-order chi connectivity index (χ0) is 26.1. The van der Waals surface area contributed by atoms with Gasteiger partial charge >= 0.3 is 0 Å². The Bertz CT molecular complexity index is 1170. The van der Waals surface area contributed by atoms with Gasteiger partial charge in [0.15, 0.2) is 0 Å². The second-order valence-corrected chi connectivity index (χ2v) is 9.15. The van der Waals surface area contributed by atoms with E-state index in [-0.39, 0.29) is 23.2 Å². The van der Waals surface area contributed by atoms with Crippen LogP contribution in [0.2, 0.25) is 0 Å². The maximum absolute atomic E-state index is 12.7. The van der Waals surface area contributed by atoms with Gasteiger partial charge < -0.3 is 26.0 Å². The zero-order valence-corrected chi connectivity index (χ0v) is 21.1. The van der Waals surface area contributed by atoms with E-state index in [1.807, 2.05) is 12.1 Å². The molecule has 1 aliphatic rings. The van der Waals surface area contributed by atoms with Crippen LogP contribution in [0.4, 0.5) is 17.6 Å². The van der Waals surface area contributed by atoms with Crippen molar-refractivity contribution in [3.8, 4) is 0 Å². The average molecular weight is 491 g/mol. The number of hydrogen-bond donors (Lipinski definition) is 4. The Morgan fingerprint density at radius 2 is 2.14 bits per heavy atom. The summed E-state index contributed by atoms with van der Waals surface area (Å²) in [5, 5.41) is 18.8. The lowest BCUT2D eigenvalue weighted by Gasteiger charge is -2.24. The van der Waals surface area contributed by atoms with Crippen LogP contribution in [-0.2, 0) is 13.0 Å². The number of aliphatic imine (C=N–C) groups is 1. The number of anilines is 3. The van der Waals surface area contributed by atoms with E-state index in [9.17, 15) is 9.90 Å². The molecule has 1 amide bonds. The Hall–Kier alpha value is -3.89. The predicted octanol–water partition coefficient (Wildman–Crippen LogP) is 3.19. The van der Waals surface area contributed by atoms with Crippen LogP contribution >= 0.6 is 0 Å². The highest BCUT2D eigenvalue weighted by atomic mass is 16.3. The number of likely N-dealkylation sites (N-methyl/N-ethyl adjacent to an activating group) is 1. The normalized spacial score (nSPS) is 14.3. The van der Waals surface area contributed by atoms with Crippen LogP contribution in [0.3, 0.4) is 0 Å². The molecule has 3 heterocycles. The van der Waals surface area contributed by atoms with Crippen LogP contribution in [0.1, 0.15) is 41.9 Å². The number of aromatic nitrogens is 3. The van der Waals surface area contributed by atoms with Gasteiger partial charge in [0.25, 0.3) is 5.91 Å². The molecule has 3 rings (SSSR count). The highest BCUT2D eigenvalue weighted by Gasteiger charge is 2.17. The Morgan fingerprint density at radius 3 is 2.86 bits per heavy atom. The number of allylic oxidation sites excluding steroid dienone is 2. The minimum absolute atomic E-state index is 0.235. The quantitative estimate of drug-likeness (QED) is 0.215. The number of rotatable bonds is 11. The molecule has 0 saturated heterocycles. The summed E-state index contributed by atoms with van der Waals surface area (Å²) in [7, 11) is 2.09. The Balaban J connectivity index is 1.86. The van der Waals surface area contributed by atoms with Gasteiger partial charge in [-0.25, -0.2) is 15.0 Å². The molecule has 2 aromatic rings. The smallest absolute Gasteiger partial charge is 0.256 e. The van der Waals surface area contributed by atoms with Crippen LogP contribution in [0.5, 0.6) is 0 Å². The molecule has 2 aromatic heterocycles. The molecule has 10 nitrogen and oxygen atoms in total. The molecule has 0 unspecified atom stereocenters. The molecule has 0 saturated carbocycles. The summed E-state index contributed by atoms with van der Waals surface area (Å²) < 4.78 is 0. The molecule has 10 heteroatoms. The predicted molar refractivity (Wildman–Crippen MR) is 143 cm³/mol. The van der Waals surface area contributed by atoms with E-state index in [1.54, 1.807) is 32.1 Å². The lowest BCUT2D eigenvalue weighted by molar-refractivity contribution is 0.0838. The minimum Gasteiger partial charge on any atom is -0.390 e. The van der Waals surface area contributed by atoms with Crippen molar-refractivity contribution in [3.05, 3.63) is 71.9 Å². The van der Waals surface area contributed by atoms with Gasteiger partial charge in [0.05, 0.1) is 5.60 Å². The molecule has 0 atom stereocenters. The summed E-state index contributed by atoms with van der Waals surface area (Å²) in [4.78, 5) is 32.5. The van der Waals surface area contributed by atoms with Crippen molar-refractivity contribution in [2.75, 3.05) is 30.8 Å². The SMILES string of the molecule is C=CCNC(=O)c1cnc(Nc2ccc3c(n2)CCN(C)C3)nc1N/C(=C/C=C\CC(C)(C)O)N=C. The van der Waals surface area contributed by atoms with Gasteiger partial charge in [-0.2, -0.15) is 4.98 Å². The van der Waals surface area contributed by atoms with E-state index in [2.05, 4.69) is 62.2 Å². The molecular weight excluding hydrogens is 456 g/mol. The van der Waals surface area contributed by atoms with Crippen LogP contribution in [-0.4, -0.2) is 63.3 Å². The van der Waals surface area contributed by atoms with Crippen molar-refractivity contribution in [3.63, 3.8) is 0 Å². The number of nitrogens with zero attached hydrogens (tertiary/aromatic N) is 5. The molecule has 36 heavy (non-hydrogen) atoms. The van der Waals surface area contributed by atoms with Crippen molar-refractivity contribution in [1.29, 1.82) is 0 Å². The topological polar surface area (TPSA) is 128 Å². The molecule has 0 spiro atoms. The third kappa shape index (κ3) is 7.82. The van der Waals surface area contributed by atoms with Crippen LogP contribution in [0, 0.1) is 0 Å². The molecule has 0 aliphatic carbocycles. The second-order valence-electron chi connectivity index (χ2n) is 9.15. The van der Waals surface area contributed by atoms with Gasteiger partial charge in [0.1, 0.15) is 23.0 Å². The Kier molecular flexibility index (Phi) is 9.04. The van der Waals surface area contributed by atoms with Crippen LogP contribution in [0.15, 0.2) is 60.0 Å². The molecule has 0 aromatic carbocycles. The number of hydrogen-bond acceptors (Lipinski definition) is 9. The lowest BCUT2D eigenvalue weighted by atomic mass is 10.1. The van der Waals surface area contributed by atoms with Crippen LogP contribution < -0.4 is 16.0 Å². The fourth-order valence-electron chi connectivity index (χ4n) is 3.48. The number of nitrogens with one attached hydrogen (secondary N) is 3. The van der Waals surface area contributed by atoms with E-state index in [0.29, 0.717) is 24.6 Å². The Labute approximate surface area is 212 Å². The monoisotopic (exact) mass is 490 g/mol. The van der Waals surface area contributed by atoms with Crippen molar-refractivity contribution in [2.45, 2.75) is 38.8 Å². The van der Waals surface area contributed by atoms with Crippen molar-refractivity contribution < 1.29 is 9.90 Å². The molecule has 0 fully saturated rings. The number of carbonyl (C=O) groups is 1. The first-order chi connectivity index (χ1) is 17.2. The van der Waals surface area contributed by atoms with Crippen LogP contribution in [0.25, 0.3) is 0 Å². The number of amides is 1. The van der Waals surface area contributed by atoms with Gasteiger partial charge in [-0.05, 0) is 51.7 Å². The molecule has 4 N–H and O–H groups in total. The largest absolute Gasteiger partial charge is 0.390 e. The van der Waals surface area contributed by atoms with Gasteiger partial charge in [-0.3, -0.25) is 4.79 Å². The molecule has 1 aliphatic heterocycles. The van der Waals surface area contributed by atoms with Gasteiger partial charge in [-0.1, -0.05) is 24.3 Å². The first kappa shape index (κ1) is 26.7. The molecule has 0 radical (unpaired) electrons. The van der Waals surface area contributed by atoms with E-state index in [0.717, 1.165) is 25.2 Å². The van der Waals surface area contributed by atoms with Crippen molar-refractivity contribution in [2.24, 2.45) is 4.99 Å². The first-order valence-corrected chi connectivity index (χ1v) is 11.7. The standard InChI is InChI=1S/C26H34N8O2/c1-6-14-28-24(35)19-16-29-25(32-22-11-10-18-17-34(5)15-12-20(18)30-22)33-23(19)31-21(27-4)9-7-8-13-26(2,3)36/h6-11,16,36H,1,4,12-15,17H2,2-3,5H3,(H,28,35)(H2,29,30,31,32,33)/b8-7-,21-9+. The van der Waals surface area contributed by atoms with Crippen molar-refractivity contribution >= 4 is 30.2 Å². The van der Waals surface area contributed by atoms with E-state index >= 15 is 0 Å². The minimum atomic E-state index is -0.816. The van der Waals surface area contributed by atoms with Crippen molar-refractivity contribution in [1.82, 2.24) is 25.2 Å². The summed E-state index contributed by atoms with van der Waals surface area (Å²) in [6.07, 6.45) is 9.62.